The smallest absolute Gasteiger partial charge is 0.264 e. The van der Waals surface area contributed by atoms with Crippen LogP contribution in [0.3, 0.4) is 0 Å². The molecule has 0 radical (unpaired) electrons. The molecule has 1 aliphatic heterocycles. The summed E-state index contributed by atoms with van der Waals surface area (Å²) in [5.41, 5.74) is 0.288. The third-order valence-electron chi connectivity index (χ3n) is 6.46. The van der Waals surface area contributed by atoms with E-state index in [0.717, 1.165) is 35.8 Å². The molecular formula is C16H22N2OS. The zero-order chi connectivity index (χ0) is 13.4. The number of rotatable bonds is 1. The van der Waals surface area contributed by atoms with Gasteiger partial charge in [0.15, 0.2) is 5.17 Å². The van der Waals surface area contributed by atoms with Crippen LogP contribution in [-0.4, -0.2) is 21.4 Å². The monoisotopic (exact) mass is 290 g/mol. The van der Waals surface area contributed by atoms with Gasteiger partial charge in [-0.1, -0.05) is 11.8 Å². The Bertz CT molecular complexity index is 473. The highest BCUT2D eigenvalue weighted by atomic mass is 32.2. The van der Waals surface area contributed by atoms with E-state index >= 15 is 0 Å². The van der Waals surface area contributed by atoms with Gasteiger partial charge in [0.2, 0.25) is 0 Å². The second kappa shape index (κ2) is 3.82. The molecule has 5 aliphatic carbocycles. The Morgan fingerprint density at radius 2 is 1.65 bits per heavy atom. The van der Waals surface area contributed by atoms with E-state index in [1.165, 1.54) is 44.9 Å². The van der Waals surface area contributed by atoms with Crippen molar-refractivity contribution in [2.24, 2.45) is 22.7 Å². The first kappa shape index (κ1) is 12.1. The number of amides is 1. The SMILES string of the molecule is O=C1N=C(NC23CC4CC(CC(C4)C2)C3)SC12CCC2. The molecule has 6 aliphatic rings. The summed E-state index contributed by atoms with van der Waals surface area (Å²) in [6.07, 6.45) is 11.6. The van der Waals surface area contributed by atoms with Crippen LogP contribution in [0, 0.1) is 17.8 Å². The van der Waals surface area contributed by atoms with Crippen LogP contribution < -0.4 is 5.32 Å². The highest BCUT2D eigenvalue weighted by molar-refractivity contribution is 8.16. The lowest BCUT2D eigenvalue weighted by Gasteiger charge is -2.57. The van der Waals surface area contributed by atoms with Crippen LogP contribution in [0.5, 0.6) is 0 Å². The minimum Gasteiger partial charge on any atom is -0.359 e. The fourth-order valence-electron chi connectivity index (χ4n) is 5.80. The Morgan fingerprint density at radius 1 is 1.05 bits per heavy atom. The first-order valence-corrected chi connectivity index (χ1v) is 9.07. The molecule has 0 aromatic rings. The molecule has 1 heterocycles. The van der Waals surface area contributed by atoms with Crippen molar-refractivity contribution >= 4 is 22.8 Å². The molecule has 6 rings (SSSR count). The van der Waals surface area contributed by atoms with Gasteiger partial charge in [-0.3, -0.25) is 4.79 Å². The molecule has 0 aromatic carbocycles. The van der Waals surface area contributed by atoms with Crippen LogP contribution in [-0.2, 0) is 4.79 Å². The molecule has 5 fully saturated rings. The fraction of sp³-hybridized carbons (Fsp3) is 0.875. The third kappa shape index (κ3) is 1.60. The summed E-state index contributed by atoms with van der Waals surface area (Å²) in [5, 5.41) is 4.72. The van der Waals surface area contributed by atoms with Crippen LogP contribution in [0.1, 0.15) is 57.8 Å². The van der Waals surface area contributed by atoms with Crippen LogP contribution in [0.15, 0.2) is 4.99 Å². The lowest BCUT2D eigenvalue weighted by atomic mass is 9.53. The quantitative estimate of drug-likeness (QED) is 0.807. The maximum atomic E-state index is 12.1. The third-order valence-corrected chi connectivity index (χ3v) is 7.82. The van der Waals surface area contributed by atoms with E-state index in [2.05, 4.69) is 10.3 Å². The van der Waals surface area contributed by atoms with Gasteiger partial charge in [0.25, 0.3) is 5.91 Å². The highest BCUT2D eigenvalue weighted by Gasteiger charge is 2.54. The van der Waals surface area contributed by atoms with Gasteiger partial charge in [-0.05, 0) is 75.5 Å². The molecule has 1 amide bonds. The molecule has 0 atom stereocenters. The number of amidine groups is 1. The largest absolute Gasteiger partial charge is 0.359 e. The van der Waals surface area contributed by atoms with Crippen molar-refractivity contribution in [1.29, 1.82) is 0 Å². The van der Waals surface area contributed by atoms with Crippen molar-refractivity contribution in [3.05, 3.63) is 0 Å². The number of nitrogens with one attached hydrogen (secondary N) is 1. The van der Waals surface area contributed by atoms with Crippen molar-refractivity contribution in [3.8, 4) is 0 Å². The van der Waals surface area contributed by atoms with Gasteiger partial charge in [-0.15, -0.1) is 0 Å². The van der Waals surface area contributed by atoms with E-state index in [1.807, 2.05) is 0 Å². The first-order valence-electron chi connectivity index (χ1n) is 8.25. The number of carbonyl (C=O) groups is 1. The summed E-state index contributed by atoms with van der Waals surface area (Å²) in [4.78, 5) is 16.5. The summed E-state index contributed by atoms with van der Waals surface area (Å²) < 4.78 is -0.148. The molecule has 0 aromatic heterocycles. The van der Waals surface area contributed by atoms with Crippen molar-refractivity contribution in [2.75, 3.05) is 0 Å². The summed E-state index contributed by atoms with van der Waals surface area (Å²) >= 11 is 1.75. The van der Waals surface area contributed by atoms with Gasteiger partial charge >= 0.3 is 0 Å². The van der Waals surface area contributed by atoms with E-state index in [4.69, 9.17) is 0 Å². The molecule has 20 heavy (non-hydrogen) atoms. The Morgan fingerprint density at radius 3 is 2.10 bits per heavy atom. The molecule has 4 bridgehead atoms. The normalized spacial score (nSPS) is 47.5. The molecule has 4 heteroatoms. The van der Waals surface area contributed by atoms with Crippen molar-refractivity contribution < 1.29 is 4.79 Å². The standard InChI is InChI=1S/C16H22N2OS/c19-13-16(2-1-3-16)20-14(17-13)18-15-7-10-4-11(8-15)6-12(5-10)9-15/h10-12H,1-9H2,(H,17,18,19). The van der Waals surface area contributed by atoms with Gasteiger partial charge in [-0.2, -0.15) is 4.99 Å². The van der Waals surface area contributed by atoms with Gasteiger partial charge in [0, 0.05) is 5.54 Å². The molecule has 5 saturated carbocycles. The number of thioether (sulfide) groups is 1. The Balaban J connectivity index is 1.37. The van der Waals surface area contributed by atoms with Gasteiger partial charge < -0.3 is 5.32 Å². The average molecular weight is 290 g/mol. The van der Waals surface area contributed by atoms with E-state index in [9.17, 15) is 4.79 Å². The topological polar surface area (TPSA) is 41.5 Å². The van der Waals surface area contributed by atoms with Crippen LogP contribution in [0.2, 0.25) is 0 Å². The second-order valence-corrected chi connectivity index (χ2v) is 9.37. The molecule has 3 nitrogen and oxygen atoms in total. The Labute approximate surface area is 124 Å². The molecule has 0 saturated heterocycles. The van der Waals surface area contributed by atoms with Gasteiger partial charge in [0.1, 0.15) is 4.75 Å². The second-order valence-electron chi connectivity index (χ2n) is 7.99. The summed E-state index contributed by atoms with van der Waals surface area (Å²) in [6, 6.07) is 0. The van der Waals surface area contributed by atoms with E-state index in [-0.39, 0.29) is 16.2 Å². The average Bonchev–Trinajstić information content (AvgIpc) is 2.62. The molecule has 0 unspecified atom stereocenters. The minimum atomic E-state index is -0.148. The minimum absolute atomic E-state index is 0.140. The van der Waals surface area contributed by atoms with E-state index < -0.39 is 0 Å². The lowest BCUT2D eigenvalue weighted by molar-refractivity contribution is -0.121. The van der Waals surface area contributed by atoms with Crippen LogP contribution in [0.25, 0.3) is 0 Å². The predicted molar refractivity (Wildman–Crippen MR) is 80.7 cm³/mol. The van der Waals surface area contributed by atoms with Crippen molar-refractivity contribution in [1.82, 2.24) is 5.32 Å². The lowest BCUT2D eigenvalue weighted by Crippen LogP contribution is -2.59. The fourth-order valence-corrected chi connectivity index (χ4v) is 7.20. The summed E-state index contributed by atoms with van der Waals surface area (Å²) in [5.74, 6) is 2.96. The van der Waals surface area contributed by atoms with E-state index in [0.29, 0.717) is 0 Å². The molecule has 1 N–H and O–H groups in total. The number of nitrogens with zero attached hydrogens (tertiary/aromatic N) is 1. The van der Waals surface area contributed by atoms with E-state index in [1.54, 1.807) is 11.8 Å². The molecule has 1 spiro atoms. The zero-order valence-corrected chi connectivity index (χ0v) is 12.7. The Hall–Kier alpha value is -0.510. The van der Waals surface area contributed by atoms with Gasteiger partial charge in [0.05, 0.1) is 0 Å². The Kier molecular flexibility index (Phi) is 2.31. The number of hydrogen-bond acceptors (Lipinski definition) is 3. The van der Waals surface area contributed by atoms with Gasteiger partial charge in [-0.25, -0.2) is 0 Å². The summed E-state index contributed by atoms with van der Waals surface area (Å²) in [6.45, 7) is 0. The zero-order valence-electron chi connectivity index (χ0n) is 11.9. The maximum Gasteiger partial charge on any atom is 0.264 e. The molecular weight excluding hydrogens is 268 g/mol. The number of hydrogen-bond donors (Lipinski definition) is 1. The number of carbonyl (C=O) groups excluding carboxylic acids is 1. The molecule has 108 valence electrons. The summed E-state index contributed by atoms with van der Waals surface area (Å²) in [7, 11) is 0. The predicted octanol–water partition coefficient (Wildman–Crippen LogP) is 3.10. The van der Waals surface area contributed by atoms with Crippen molar-refractivity contribution in [3.63, 3.8) is 0 Å². The number of aliphatic imine (C=N–C) groups is 1. The van der Waals surface area contributed by atoms with Crippen molar-refractivity contribution in [2.45, 2.75) is 68.1 Å². The van der Waals surface area contributed by atoms with Crippen LogP contribution >= 0.6 is 11.8 Å². The van der Waals surface area contributed by atoms with Crippen LogP contribution in [0.4, 0.5) is 0 Å². The first-order chi connectivity index (χ1) is 9.65. The highest BCUT2D eigenvalue weighted by Crippen LogP contribution is 2.56. The maximum absolute atomic E-state index is 12.1.